The van der Waals surface area contributed by atoms with E-state index in [1.54, 1.807) is 6.20 Å². The van der Waals surface area contributed by atoms with Gasteiger partial charge < -0.3 is 5.73 Å². The van der Waals surface area contributed by atoms with Gasteiger partial charge in [-0.15, -0.1) is 0 Å². The van der Waals surface area contributed by atoms with Crippen LogP contribution in [0.1, 0.15) is 12.0 Å². The quantitative estimate of drug-likeness (QED) is 0.708. The minimum Gasteiger partial charge on any atom is -0.330 e. The molecule has 0 aliphatic heterocycles. The van der Waals surface area contributed by atoms with Crippen LogP contribution in [0.5, 0.6) is 0 Å². The predicted molar refractivity (Wildman–Crippen MR) is 62.3 cm³/mol. The minimum absolute atomic E-state index is 0.610. The molecule has 1 aromatic carbocycles. The van der Waals surface area contributed by atoms with Gasteiger partial charge in [-0.2, -0.15) is 0 Å². The monoisotopic (exact) mass is 196 g/mol. The van der Waals surface area contributed by atoms with Crippen molar-refractivity contribution in [2.24, 2.45) is 5.73 Å². The number of nitrogens with two attached hydrogens (primary N) is 1. The maximum atomic E-state index is 5.39. The molecule has 0 spiro atoms. The van der Waals surface area contributed by atoms with Crippen LogP contribution in [0, 0.1) is 11.8 Å². The van der Waals surface area contributed by atoms with Gasteiger partial charge in [-0.3, -0.25) is 4.98 Å². The van der Waals surface area contributed by atoms with Crippen LogP contribution < -0.4 is 5.73 Å². The average molecular weight is 196 g/mol. The first-order valence-corrected chi connectivity index (χ1v) is 4.93. The Kier molecular flexibility index (Phi) is 2.96. The molecule has 0 bridgehead atoms. The van der Waals surface area contributed by atoms with Crippen LogP contribution in [0.4, 0.5) is 0 Å². The zero-order valence-electron chi connectivity index (χ0n) is 8.40. The summed E-state index contributed by atoms with van der Waals surface area (Å²) in [6.07, 6.45) is 4.38. The molecule has 0 aliphatic carbocycles. The molecular weight excluding hydrogens is 184 g/mol. The third-order valence-electron chi connectivity index (χ3n) is 2.17. The molecule has 0 unspecified atom stereocenters. The smallest absolute Gasteiger partial charge is 0.0346 e. The van der Waals surface area contributed by atoms with E-state index in [2.05, 4.69) is 16.8 Å². The molecule has 0 amide bonds. The van der Waals surface area contributed by atoms with Crippen LogP contribution >= 0.6 is 0 Å². The maximum absolute atomic E-state index is 5.39. The molecule has 74 valence electrons. The van der Waals surface area contributed by atoms with E-state index in [1.807, 2.05) is 30.5 Å². The van der Waals surface area contributed by atoms with Gasteiger partial charge in [0.1, 0.15) is 0 Å². The Balaban J connectivity index is 2.48. The molecule has 0 aliphatic rings. The van der Waals surface area contributed by atoms with Gasteiger partial charge in [-0.1, -0.05) is 24.0 Å². The van der Waals surface area contributed by atoms with Crippen LogP contribution in [0.25, 0.3) is 10.8 Å². The largest absolute Gasteiger partial charge is 0.330 e. The van der Waals surface area contributed by atoms with Gasteiger partial charge in [0, 0.05) is 41.7 Å². The third kappa shape index (κ3) is 2.15. The summed E-state index contributed by atoms with van der Waals surface area (Å²) in [7, 11) is 0. The third-order valence-corrected chi connectivity index (χ3v) is 2.17. The van der Waals surface area contributed by atoms with Crippen molar-refractivity contribution >= 4 is 10.8 Å². The van der Waals surface area contributed by atoms with Gasteiger partial charge in [-0.25, -0.2) is 0 Å². The number of hydrogen-bond donors (Lipinski definition) is 1. The lowest BCUT2D eigenvalue weighted by Crippen LogP contribution is -1.95. The summed E-state index contributed by atoms with van der Waals surface area (Å²) >= 11 is 0. The lowest BCUT2D eigenvalue weighted by atomic mass is 10.1. The van der Waals surface area contributed by atoms with Crippen molar-refractivity contribution in [3.05, 3.63) is 42.2 Å². The number of rotatable bonds is 1. The van der Waals surface area contributed by atoms with E-state index < -0.39 is 0 Å². The number of aromatic nitrogens is 1. The first-order chi connectivity index (χ1) is 7.42. The molecule has 2 heteroatoms. The number of fused-ring (bicyclic) bond motifs is 1. The fraction of sp³-hybridized carbons (Fsp3) is 0.154. The molecule has 15 heavy (non-hydrogen) atoms. The van der Waals surface area contributed by atoms with Gasteiger partial charge >= 0.3 is 0 Å². The number of nitrogens with zero attached hydrogens (tertiary/aromatic N) is 1. The molecule has 0 radical (unpaired) electrons. The SMILES string of the molecule is NCCC#Cc1cccc2cnccc12. The standard InChI is InChI=1S/C13H12N2/c14-8-2-1-4-11-5-3-6-12-10-15-9-7-13(11)12/h3,5-7,9-10H,2,8,14H2. The molecule has 2 aromatic rings. The Labute approximate surface area is 89.1 Å². The lowest BCUT2D eigenvalue weighted by Gasteiger charge is -1.98. The van der Waals surface area contributed by atoms with E-state index in [9.17, 15) is 0 Å². The van der Waals surface area contributed by atoms with Crippen molar-refractivity contribution in [3.63, 3.8) is 0 Å². The number of pyridine rings is 1. The van der Waals surface area contributed by atoms with Gasteiger partial charge in [0.2, 0.25) is 0 Å². The fourth-order valence-electron chi connectivity index (χ4n) is 1.46. The van der Waals surface area contributed by atoms with Crippen molar-refractivity contribution in [3.8, 4) is 11.8 Å². The summed E-state index contributed by atoms with van der Waals surface area (Å²) < 4.78 is 0. The van der Waals surface area contributed by atoms with E-state index >= 15 is 0 Å². The topological polar surface area (TPSA) is 38.9 Å². The van der Waals surface area contributed by atoms with Gasteiger partial charge in [0.15, 0.2) is 0 Å². The number of hydrogen-bond acceptors (Lipinski definition) is 2. The molecular formula is C13H12N2. The molecule has 2 N–H and O–H groups in total. The summed E-state index contributed by atoms with van der Waals surface area (Å²) in [6, 6.07) is 8.04. The summed E-state index contributed by atoms with van der Waals surface area (Å²) in [4.78, 5) is 4.08. The molecule has 1 aromatic heterocycles. The van der Waals surface area contributed by atoms with Crippen molar-refractivity contribution in [2.45, 2.75) is 6.42 Å². The molecule has 0 saturated carbocycles. The van der Waals surface area contributed by atoms with Crippen molar-refractivity contribution in [1.82, 2.24) is 4.98 Å². The molecule has 0 saturated heterocycles. The summed E-state index contributed by atoms with van der Waals surface area (Å²) in [6.45, 7) is 0.610. The van der Waals surface area contributed by atoms with Gasteiger partial charge in [0.25, 0.3) is 0 Å². The molecule has 0 fully saturated rings. The summed E-state index contributed by atoms with van der Waals surface area (Å²) in [5, 5.41) is 2.27. The first-order valence-electron chi connectivity index (χ1n) is 4.93. The minimum atomic E-state index is 0.610. The maximum Gasteiger partial charge on any atom is 0.0346 e. The van der Waals surface area contributed by atoms with Crippen molar-refractivity contribution in [1.29, 1.82) is 0 Å². The number of benzene rings is 1. The summed E-state index contributed by atoms with van der Waals surface area (Å²) in [5.41, 5.74) is 6.44. The molecule has 1 heterocycles. The summed E-state index contributed by atoms with van der Waals surface area (Å²) in [5.74, 6) is 6.18. The van der Waals surface area contributed by atoms with Crippen LogP contribution in [0.15, 0.2) is 36.7 Å². The molecule has 2 rings (SSSR count). The zero-order chi connectivity index (χ0) is 10.5. The van der Waals surface area contributed by atoms with E-state index in [0.717, 1.165) is 22.8 Å². The average Bonchev–Trinajstić information content (AvgIpc) is 2.30. The van der Waals surface area contributed by atoms with Crippen molar-refractivity contribution in [2.75, 3.05) is 6.54 Å². The zero-order valence-corrected chi connectivity index (χ0v) is 8.40. The normalized spacial score (nSPS) is 9.67. The first kappa shape index (κ1) is 9.70. The highest BCUT2D eigenvalue weighted by Gasteiger charge is 1.96. The Morgan fingerprint density at radius 1 is 1.27 bits per heavy atom. The highest BCUT2D eigenvalue weighted by atomic mass is 14.6. The van der Waals surface area contributed by atoms with Crippen LogP contribution in [-0.4, -0.2) is 11.5 Å². The van der Waals surface area contributed by atoms with Crippen LogP contribution in [-0.2, 0) is 0 Å². The van der Waals surface area contributed by atoms with Crippen LogP contribution in [0.2, 0.25) is 0 Å². The van der Waals surface area contributed by atoms with Crippen LogP contribution in [0.3, 0.4) is 0 Å². The van der Waals surface area contributed by atoms with E-state index in [-0.39, 0.29) is 0 Å². The lowest BCUT2D eigenvalue weighted by molar-refractivity contribution is 1.03. The Bertz CT molecular complexity index is 515. The van der Waals surface area contributed by atoms with E-state index in [1.165, 1.54) is 0 Å². The van der Waals surface area contributed by atoms with E-state index in [4.69, 9.17) is 5.73 Å². The second kappa shape index (κ2) is 4.59. The molecule has 2 nitrogen and oxygen atoms in total. The fourth-order valence-corrected chi connectivity index (χ4v) is 1.46. The Morgan fingerprint density at radius 2 is 2.20 bits per heavy atom. The highest BCUT2D eigenvalue weighted by Crippen LogP contribution is 2.16. The Morgan fingerprint density at radius 3 is 3.07 bits per heavy atom. The predicted octanol–water partition coefficient (Wildman–Crippen LogP) is 1.94. The molecule has 0 atom stereocenters. The second-order valence-corrected chi connectivity index (χ2v) is 3.24. The second-order valence-electron chi connectivity index (χ2n) is 3.24. The van der Waals surface area contributed by atoms with E-state index in [0.29, 0.717) is 6.54 Å². The highest BCUT2D eigenvalue weighted by molar-refractivity contribution is 5.87. The van der Waals surface area contributed by atoms with Gasteiger partial charge in [0.05, 0.1) is 0 Å². The Hall–Kier alpha value is -1.85. The van der Waals surface area contributed by atoms with Gasteiger partial charge in [-0.05, 0) is 12.1 Å². The van der Waals surface area contributed by atoms with Crippen molar-refractivity contribution < 1.29 is 0 Å².